The van der Waals surface area contributed by atoms with E-state index in [1.807, 2.05) is 60.7 Å². The van der Waals surface area contributed by atoms with Crippen LogP contribution in [0.1, 0.15) is 70.4 Å². The van der Waals surface area contributed by atoms with E-state index in [1.54, 1.807) is 13.8 Å². The molecular weight excluding hydrogens is 492 g/mol. The van der Waals surface area contributed by atoms with E-state index >= 15 is 0 Å². The molecule has 1 unspecified atom stereocenters. The van der Waals surface area contributed by atoms with E-state index in [1.165, 1.54) is 0 Å². The molecule has 0 saturated heterocycles. The second-order valence-electron chi connectivity index (χ2n) is 9.23. The van der Waals surface area contributed by atoms with Crippen LogP contribution in [-0.2, 0) is 19.7 Å². The fourth-order valence-electron chi connectivity index (χ4n) is 4.47. The second kappa shape index (κ2) is 13.2. The molecule has 0 aliphatic rings. The maximum atomic E-state index is 13.5. The molecule has 34 heavy (non-hydrogen) atoms. The zero-order valence-corrected chi connectivity index (χ0v) is 22.2. The molecule has 0 aromatic heterocycles. The van der Waals surface area contributed by atoms with Gasteiger partial charge < -0.3 is 10.5 Å². The Kier molecular flexibility index (Phi) is 10.9. The van der Waals surface area contributed by atoms with Crippen molar-refractivity contribution < 1.29 is 14.3 Å². The van der Waals surface area contributed by atoms with Gasteiger partial charge in [0.1, 0.15) is 0 Å². The van der Waals surface area contributed by atoms with Crippen molar-refractivity contribution in [2.24, 2.45) is 17.4 Å². The summed E-state index contributed by atoms with van der Waals surface area (Å²) in [4.78, 5) is 26.5. The second-order valence-corrected chi connectivity index (χ2v) is 10.0. The number of carbonyl (C=O) groups excluding carboxylic acids is 2. The number of hydrogen-bond acceptors (Lipinski definition) is 5. The van der Waals surface area contributed by atoms with Crippen LogP contribution in [0.4, 0.5) is 0 Å². The summed E-state index contributed by atoms with van der Waals surface area (Å²) in [6, 6.07) is 19.8. The Labute approximate surface area is 212 Å². The van der Waals surface area contributed by atoms with E-state index in [-0.39, 0.29) is 12.2 Å². The number of carbonyl (C=O) groups is 2. The highest BCUT2D eigenvalue weighted by atomic mass is 79.9. The minimum atomic E-state index is -1.75. The van der Waals surface area contributed by atoms with Gasteiger partial charge in [-0.1, -0.05) is 117 Å². The number of nitrogens with two attached hydrogens (primary N) is 2. The molecular formula is C28H39BrN2O3. The molecule has 2 aromatic carbocycles. The van der Waals surface area contributed by atoms with Crippen molar-refractivity contribution in [2.45, 2.75) is 76.5 Å². The molecule has 2 aromatic rings. The molecule has 2 atom stereocenters. The van der Waals surface area contributed by atoms with Gasteiger partial charge >= 0.3 is 5.97 Å². The minimum Gasteiger partial charge on any atom is -0.444 e. The number of ketones is 1. The normalized spacial score (nSPS) is 14.4. The van der Waals surface area contributed by atoms with Crippen LogP contribution in [-0.4, -0.2) is 28.8 Å². The van der Waals surface area contributed by atoms with Crippen LogP contribution >= 0.6 is 15.9 Å². The first-order valence-electron chi connectivity index (χ1n) is 12.2. The Balaban J connectivity index is 2.53. The third kappa shape index (κ3) is 6.15. The maximum absolute atomic E-state index is 13.5. The van der Waals surface area contributed by atoms with E-state index in [0.717, 1.165) is 30.4 Å². The van der Waals surface area contributed by atoms with Crippen molar-refractivity contribution in [2.75, 3.05) is 5.33 Å². The van der Waals surface area contributed by atoms with Gasteiger partial charge in [0.25, 0.3) is 0 Å². The standard InChI is InChI=1S/C28H39BrN2O3/c1-4-5-12-19-27(22-14-8-6-9-15-22,23-16-10-7-11-17-23)25(30)34-26(33)28(31,21(2)3)24(32)18-13-20-29/h6-11,14-17,21,25H,4-5,12-13,18-20,30-31H2,1-3H3/t25?,28-/m1/s1. The van der Waals surface area contributed by atoms with Crippen molar-refractivity contribution in [3.05, 3.63) is 71.8 Å². The molecule has 4 N–H and O–H groups in total. The van der Waals surface area contributed by atoms with Crippen molar-refractivity contribution in [1.29, 1.82) is 0 Å². The lowest BCUT2D eigenvalue weighted by atomic mass is 9.69. The monoisotopic (exact) mass is 530 g/mol. The molecule has 6 heteroatoms. The first-order valence-corrected chi connectivity index (χ1v) is 13.3. The summed E-state index contributed by atoms with van der Waals surface area (Å²) in [5.74, 6) is -1.52. The van der Waals surface area contributed by atoms with Gasteiger partial charge in [0.2, 0.25) is 0 Å². The van der Waals surface area contributed by atoms with E-state index in [2.05, 4.69) is 22.9 Å². The molecule has 0 radical (unpaired) electrons. The fourth-order valence-corrected chi connectivity index (χ4v) is 4.75. The third-order valence-electron chi connectivity index (χ3n) is 6.72. The lowest BCUT2D eigenvalue weighted by Gasteiger charge is -2.41. The average Bonchev–Trinajstić information content (AvgIpc) is 2.85. The molecule has 186 valence electrons. The van der Waals surface area contributed by atoms with Crippen LogP contribution in [0.2, 0.25) is 0 Å². The summed E-state index contributed by atoms with van der Waals surface area (Å²) in [5.41, 5.74) is 12.7. The Morgan fingerprint density at radius 1 is 0.941 bits per heavy atom. The summed E-state index contributed by atoms with van der Waals surface area (Å²) >= 11 is 3.34. The summed E-state index contributed by atoms with van der Waals surface area (Å²) in [6.45, 7) is 5.68. The molecule has 0 fully saturated rings. The minimum absolute atomic E-state index is 0.198. The number of ether oxygens (including phenoxy) is 1. The predicted octanol–water partition coefficient (Wildman–Crippen LogP) is 5.48. The molecule has 5 nitrogen and oxygen atoms in total. The number of Topliss-reactive ketones (excluding diaryl/α,β-unsaturated/α-hetero) is 1. The van der Waals surface area contributed by atoms with E-state index < -0.39 is 29.1 Å². The van der Waals surface area contributed by atoms with Gasteiger partial charge in [0, 0.05) is 11.8 Å². The van der Waals surface area contributed by atoms with Crippen LogP contribution in [0.5, 0.6) is 0 Å². The molecule has 0 heterocycles. The quantitative estimate of drug-likeness (QED) is 0.111. The summed E-state index contributed by atoms with van der Waals surface area (Å²) < 4.78 is 5.96. The average molecular weight is 532 g/mol. The van der Waals surface area contributed by atoms with Crippen molar-refractivity contribution in [1.82, 2.24) is 0 Å². The number of rotatable bonds is 14. The van der Waals surface area contributed by atoms with Crippen LogP contribution in [0.15, 0.2) is 60.7 Å². The Bertz CT molecular complexity index is 865. The van der Waals surface area contributed by atoms with Gasteiger partial charge in [-0.3, -0.25) is 10.5 Å². The zero-order valence-electron chi connectivity index (χ0n) is 20.6. The Morgan fingerprint density at radius 2 is 1.47 bits per heavy atom. The molecule has 0 aliphatic carbocycles. The SMILES string of the molecule is CCCCCC(c1ccccc1)(c1ccccc1)C(N)OC(=O)[C@](N)(C(=O)CCCBr)C(C)C. The number of benzene rings is 2. The summed E-state index contributed by atoms with van der Waals surface area (Å²) in [7, 11) is 0. The van der Waals surface area contributed by atoms with Crippen LogP contribution in [0, 0.1) is 5.92 Å². The van der Waals surface area contributed by atoms with Gasteiger partial charge in [0.15, 0.2) is 17.6 Å². The van der Waals surface area contributed by atoms with Gasteiger partial charge in [-0.2, -0.15) is 0 Å². The van der Waals surface area contributed by atoms with Crippen molar-refractivity contribution in [3.63, 3.8) is 0 Å². The number of halogens is 1. The lowest BCUT2D eigenvalue weighted by molar-refractivity contribution is -0.163. The molecule has 0 bridgehead atoms. The highest BCUT2D eigenvalue weighted by Crippen LogP contribution is 2.41. The summed E-state index contributed by atoms with van der Waals surface area (Å²) in [6.07, 6.45) is 3.46. The van der Waals surface area contributed by atoms with Gasteiger partial charge in [0.05, 0.1) is 5.41 Å². The van der Waals surface area contributed by atoms with Crippen LogP contribution in [0.25, 0.3) is 0 Å². The molecule has 0 saturated carbocycles. The first-order chi connectivity index (χ1) is 16.2. The van der Waals surface area contributed by atoms with Crippen molar-refractivity contribution >= 4 is 27.7 Å². The predicted molar refractivity (Wildman–Crippen MR) is 142 cm³/mol. The largest absolute Gasteiger partial charge is 0.444 e. The number of hydrogen-bond donors (Lipinski definition) is 2. The van der Waals surface area contributed by atoms with Crippen molar-refractivity contribution in [3.8, 4) is 0 Å². The Morgan fingerprint density at radius 3 is 1.91 bits per heavy atom. The van der Waals surface area contributed by atoms with Gasteiger partial charge in [-0.05, 0) is 29.9 Å². The number of alkyl halides is 1. The lowest BCUT2D eigenvalue weighted by Crippen LogP contribution is -2.62. The summed E-state index contributed by atoms with van der Waals surface area (Å²) in [5, 5.41) is 0.657. The maximum Gasteiger partial charge on any atom is 0.335 e. The topological polar surface area (TPSA) is 95.4 Å². The van der Waals surface area contributed by atoms with E-state index in [9.17, 15) is 9.59 Å². The molecule has 0 aliphatic heterocycles. The Hall–Kier alpha value is -2.02. The number of unbranched alkanes of at least 4 members (excludes halogenated alkanes) is 2. The molecule has 2 rings (SSSR count). The fraction of sp³-hybridized carbons (Fsp3) is 0.500. The third-order valence-corrected chi connectivity index (χ3v) is 7.28. The zero-order chi connectivity index (χ0) is 25.2. The van der Waals surface area contributed by atoms with Gasteiger partial charge in [-0.25, -0.2) is 4.79 Å². The van der Waals surface area contributed by atoms with E-state index in [4.69, 9.17) is 16.2 Å². The first kappa shape index (κ1) is 28.2. The molecule has 0 spiro atoms. The highest BCUT2D eigenvalue weighted by Gasteiger charge is 2.49. The smallest absolute Gasteiger partial charge is 0.335 e. The van der Waals surface area contributed by atoms with Gasteiger partial charge in [-0.15, -0.1) is 0 Å². The van der Waals surface area contributed by atoms with Crippen LogP contribution < -0.4 is 11.5 Å². The molecule has 0 amide bonds. The highest BCUT2D eigenvalue weighted by molar-refractivity contribution is 9.09. The van der Waals surface area contributed by atoms with Crippen LogP contribution in [0.3, 0.4) is 0 Å². The van der Waals surface area contributed by atoms with E-state index in [0.29, 0.717) is 18.2 Å². The number of esters is 1.